The van der Waals surface area contributed by atoms with Gasteiger partial charge in [-0.2, -0.15) is 0 Å². The maximum absolute atomic E-state index is 12.1. The number of benzene rings is 2. The zero-order valence-corrected chi connectivity index (χ0v) is 13.3. The molecule has 0 heterocycles. The molecule has 0 radical (unpaired) electrons. The monoisotopic (exact) mass is 333 g/mol. The van der Waals surface area contributed by atoms with Crippen LogP contribution in [0.5, 0.6) is 0 Å². The van der Waals surface area contributed by atoms with Gasteiger partial charge in [0.25, 0.3) is 0 Å². The van der Waals surface area contributed by atoms with E-state index in [4.69, 9.17) is 23.2 Å². The van der Waals surface area contributed by atoms with E-state index in [1.807, 2.05) is 0 Å². The number of ketones is 1. The number of halogens is 2. The molecule has 0 saturated carbocycles. The molecular formula is C17H13Cl2NO2. The number of carbonyl (C=O) groups excluding carboxylic acids is 2. The van der Waals surface area contributed by atoms with Gasteiger partial charge in [-0.05, 0) is 42.0 Å². The Labute approximate surface area is 138 Å². The lowest BCUT2D eigenvalue weighted by atomic mass is 10.1. The number of allylic oxidation sites excluding steroid dienone is 1. The second-order valence-electron chi connectivity index (χ2n) is 4.62. The summed E-state index contributed by atoms with van der Waals surface area (Å²) in [5.74, 6) is -0.330. The minimum atomic E-state index is -0.201. The van der Waals surface area contributed by atoms with Crippen molar-refractivity contribution in [1.29, 1.82) is 0 Å². The van der Waals surface area contributed by atoms with Gasteiger partial charge in [0, 0.05) is 23.2 Å². The number of hydrogen-bond acceptors (Lipinski definition) is 2. The van der Waals surface area contributed by atoms with Crippen LogP contribution in [0.4, 0.5) is 5.69 Å². The third-order valence-electron chi connectivity index (χ3n) is 2.85. The number of rotatable bonds is 4. The molecule has 0 spiro atoms. The molecule has 0 bridgehead atoms. The fourth-order valence-corrected chi connectivity index (χ4v) is 2.33. The molecular weight excluding hydrogens is 321 g/mol. The topological polar surface area (TPSA) is 46.2 Å². The highest BCUT2D eigenvalue weighted by molar-refractivity contribution is 6.37. The maximum atomic E-state index is 12.1. The average Bonchev–Trinajstić information content (AvgIpc) is 2.45. The van der Waals surface area contributed by atoms with Crippen molar-refractivity contribution in [3.8, 4) is 0 Å². The van der Waals surface area contributed by atoms with Crippen LogP contribution in [-0.2, 0) is 4.79 Å². The first-order valence-electron chi connectivity index (χ1n) is 6.51. The summed E-state index contributed by atoms with van der Waals surface area (Å²) in [7, 11) is 0. The van der Waals surface area contributed by atoms with Crippen molar-refractivity contribution in [2.45, 2.75) is 6.92 Å². The predicted molar refractivity (Wildman–Crippen MR) is 90.6 cm³/mol. The van der Waals surface area contributed by atoms with Gasteiger partial charge in [-0.25, -0.2) is 0 Å². The molecule has 0 saturated heterocycles. The van der Waals surface area contributed by atoms with E-state index in [-0.39, 0.29) is 11.7 Å². The molecule has 1 amide bonds. The smallest absolute Gasteiger partial charge is 0.221 e. The Kier molecular flexibility index (Phi) is 5.36. The largest absolute Gasteiger partial charge is 0.326 e. The van der Waals surface area contributed by atoms with Crippen LogP contribution < -0.4 is 5.32 Å². The van der Waals surface area contributed by atoms with Crippen molar-refractivity contribution in [3.63, 3.8) is 0 Å². The summed E-state index contributed by atoms with van der Waals surface area (Å²) >= 11 is 11.8. The normalized spacial score (nSPS) is 10.7. The number of amides is 1. The Morgan fingerprint density at radius 2 is 1.73 bits per heavy atom. The molecule has 5 heteroatoms. The van der Waals surface area contributed by atoms with Crippen molar-refractivity contribution in [2.75, 3.05) is 5.32 Å². The molecule has 0 aromatic heterocycles. The fourth-order valence-electron chi connectivity index (χ4n) is 1.83. The van der Waals surface area contributed by atoms with Crippen LogP contribution in [-0.4, -0.2) is 11.7 Å². The molecule has 1 N–H and O–H groups in total. The summed E-state index contributed by atoms with van der Waals surface area (Å²) in [5.41, 5.74) is 1.95. The molecule has 3 nitrogen and oxygen atoms in total. The van der Waals surface area contributed by atoms with Gasteiger partial charge >= 0.3 is 0 Å². The summed E-state index contributed by atoms with van der Waals surface area (Å²) in [6, 6.07) is 11.9. The Bertz CT molecular complexity index is 737. The predicted octanol–water partition coefficient (Wildman–Crippen LogP) is 4.85. The Balaban J connectivity index is 2.10. The van der Waals surface area contributed by atoms with Gasteiger partial charge in [-0.3, -0.25) is 9.59 Å². The lowest BCUT2D eigenvalue weighted by molar-refractivity contribution is -0.114. The molecule has 2 aromatic rings. The van der Waals surface area contributed by atoms with Gasteiger partial charge in [-0.1, -0.05) is 41.4 Å². The van der Waals surface area contributed by atoms with E-state index >= 15 is 0 Å². The van der Waals surface area contributed by atoms with E-state index in [0.717, 1.165) is 5.56 Å². The molecule has 112 valence electrons. The first-order chi connectivity index (χ1) is 10.5. The Morgan fingerprint density at radius 3 is 2.32 bits per heavy atom. The van der Waals surface area contributed by atoms with Crippen LogP contribution in [0.15, 0.2) is 48.5 Å². The van der Waals surface area contributed by atoms with E-state index in [1.165, 1.54) is 19.1 Å². The van der Waals surface area contributed by atoms with Gasteiger partial charge < -0.3 is 5.32 Å². The van der Waals surface area contributed by atoms with Crippen LogP contribution >= 0.6 is 23.2 Å². The standard InChI is InChI=1S/C17H13Cl2NO2/c1-11(21)20-14-6-2-12(3-7-14)4-9-17(22)15-8-5-13(18)10-16(15)19/h2-10H,1H3,(H,20,21)/b9-4+. The summed E-state index contributed by atoms with van der Waals surface area (Å²) in [6.07, 6.45) is 3.13. The number of carbonyl (C=O) groups is 2. The summed E-state index contributed by atoms with van der Waals surface area (Å²) in [4.78, 5) is 23.0. The number of nitrogens with one attached hydrogen (secondary N) is 1. The fraction of sp³-hybridized carbons (Fsp3) is 0.0588. The second kappa shape index (κ2) is 7.25. The molecule has 0 aliphatic carbocycles. The number of anilines is 1. The second-order valence-corrected chi connectivity index (χ2v) is 5.47. The summed E-state index contributed by atoms with van der Waals surface area (Å²) in [5, 5.41) is 3.48. The van der Waals surface area contributed by atoms with Crippen LogP contribution in [0.25, 0.3) is 6.08 Å². The zero-order chi connectivity index (χ0) is 16.1. The van der Waals surface area contributed by atoms with Crippen LogP contribution in [0.1, 0.15) is 22.8 Å². The lowest BCUT2D eigenvalue weighted by Crippen LogP contribution is -2.05. The van der Waals surface area contributed by atoms with Crippen molar-refractivity contribution >= 4 is 46.7 Å². The molecule has 0 unspecified atom stereocenters. The van der Waals surface area contributed by atoms with Gasteiger partial charge in [0.1, 0.15) is 0 Å². The van der Waals surface area contributed by atoms with Crippen LogP contribution in [0.2, 0.25) is 10.0 Å². The van der Waals surface area contributed by atoms with E-state index in [0.29, 0.717) is 21.3 Å². The third kappa shape index (κ3) is 4.45. The highest BCUT2D eigenvalue weighted by Crippen LogP contribution is 2.22. The quantitative estimate of drug-likeness (QED) is 0.642. The van der Waals surface area contributed by atoms with Gasteiger partial charge in [0.15, 0.2) is 5.78 Å². The van der Waals surface area contributed by atoms with Crippen molar-refractivity contribution in [3.05, 3.63) is 69.7 Å². The molecule has 22 heavy (non-hydrogen) atoms. The maximum Gasteiger partial charge on any atom is 0.221 e. The molecule has 0 aliphatic rings. The highest BCUT2D eigenvalue weighted by Gasteiger charge is 2.07. The molecule has 0 aliphatic heterocycles. The van der Waals surface area contributed by atoms with Crippen molar-refractivity contribution in [1.82, 2.24) is 0 Å². The van der Waals surface area contributed by atoms with E-state index in [2.05, 4.69) is 5.32 Å². The lowest BCUT2D eigenvalue weighted by Gasteiger charge is -2.02. The highest BCUT2D eigenvalue weighted by atomic mass is 35.5. The summed E-state index contributed by atoms with van der Waals surface area (Å²) in [6.45, 7) is 1.45. The minimum Gasteiger partial charge on any atom is -0.326 e. The molecule has 0 fully saturated rings. The minimum absolute atomic E-state index is 0.129. The molecule has 2 aromatic carbocycles. The van der Waals surface area contributed by atoms with Crippen LogP contribution in [0.3, 0.4) is 0 Å². The van der Waals surface area contributed by atoms with Gasteiger partial charge in [-0.15, -0.1) is 0 Å². The van der Waals surface area contributed by atoms with E-state index in [1.54, 1.807) is 42.5 Å². The Morgan fingerprint density at radius 1 is 1.05 bits per heavy atom. The van der Waals surface area contributed by atoms with Crippen LogP contribution in [0, 0.1) is 0 Å². The summed E-state index contributed by atoms with van der Waals surface area (Å²) < 4.78 is 0. The van der Waals surface area contributed by atoms with Gasteiger partial charge in [0.2, 0.25) is 5.91 Å². The molecule has 2 rings (SSSR count). The third-order valence-corrected chi connectivity index (χ3v) is 3.40. The van der Waals surface area contributed by atoms with E-state index < -0.39 is 0 Å². The molecule has 0 atom stereocenters. The zero-order valence-electron chi connectivity index (χ0n) is 11.8. The van der Waals surface area contributed by atoms with Crippen molar-refractivity contribution < 1.29 is 9.59 Å². The van der Waals surface area contributed by atoms with E-state index in [9.17, 15) is 9.59 Å². The number of hydrogen-bond donors (Lipinski definition) is 1. The first-order valence-corrected chi connectivity index (χ1v) is 7.26. The first kappa shape index (κ1) is 16.3. The SMILES string of the molecule is CC(=O)Nc1ccc(/C=C/C(=O)c2ccc(Cl)cc2Cl)cc1. The van der Waals surface area contributed by atoms with Crippen molar-refractivity contribution in [2.24, 2.45) is 0 Å². The van der Waals surface area contributed by atoms with Gasteiger partial charge in [0.05, 0.1) is 5.02 Å². The Hall–Kier alpha value is -2.10. The average molecular weight is 334 g/mol.